The molecule has 0 aliphatic rings. The number of carbonyl (C=O) groups is 1. The van der Waals surface area contributed by atoms with Gasteiger partial charge in [-0.15, -0.1) is 0 Å². The summed E-state index contributed by atoms with van der Waals surface area (Å²) in [5.74, 6) is 0.220. The molecular formula is C17H26O2. The molecule has 0 aromatic heterocycles. The van der Waals surface area contributed by atoms with E-state index in [-0.39, 0.29) is 11.9 Å². The Morgan fingerprint density at radius 3 is 2.47 bits per heavy atom. The highest BCUT2D eigenvalue weighted by molar-refractivity contribution is 5.77. The molecule has 2 heteroatoms. The van der Waals surface area contributed by atoms with Gasteiger partial charge in [-0.3, -0.25) is 4.79 Å². The largest absolute Gasteiger partial charge is 0.465 e. The fraction of sp³-hybridized carbons (Fsp3) is 0.588. The van der Waals surface area contributed by atoms with Gasteiger partial charge in [-0.05, 0) is 24.8 Å². The van der Waals surface area contributed by atoms with Gasteiger partial charge in [0.2, 0.25) is 0 Å². The number of ether oxygens (including phenoxy) is 1. The van der Waals surface area contributed by atoms with Crippen molar-refractivity contribution in [2.75, 3.05) is 6.61 Å². The maximum Gasteiger partial charge on any atom is 0.313 e. The molecule has 0 N–H and O–H groups in total. The number of rotatable bonds is 8. The van der Waals surface area contributed by atoms with Crippen molar-refractivity contribution in [2.24, 2.45) is 5.92 Å². The summed E-state index contributed by atoms with van der Waals surface area (Å²) < 4.78 is 5.47. The lowest BCUT2D eigenvalue weighted by atomic mass is 9.99. The first-order valence-corrected chi connectivity index (χ1v) is 7.40. The molecule has 0 amide bonds. The lowest BCUT2D eigenvalue weighted by molar-refractivity contribution is -0.146. The Hall–Kier alpha value is -1.31. The first kappa shape index (κ1) is 15.7. The van der Waals surface area contributed by atoms with Crippen molar-refractivity contribution < 1.29 is 9.53 Å². The predicted molar refractivity (Wildman–Crippen MR) is 79.1 cm³/mol. The Labute approximate surface area is 117 Å². The second kappa shape index (κ2) is 8.73. The average Bonchev–Trinajstić information content (AvgIpc) is 2.47. The first-order chi connectivity index (χ1) is 9.19. The van der Waals surface area contributed by atoms with Crippen LogP contribution in [0.1, 0.15) is 57.9 Å². The molecule has 0 aliphatic heterocycles. The zero-order chi connectivity index (χ0) is 14.1. The quantitative estimate of drug-likeness (QED) is 0.642. The maximum absolute atomic E-state index is 12.0. The van der Waals surface area contributed by atoms with Gasteiger partial charge in [0.15, 0.2) is 0 Å². The minimum Gasteiger partial charge on any atom is -0.465 e. The third-order valence-electron chi connectivity index (χ3n) is 3.66. The number of carbonyl (C=O) groups excluding carboxylic acids is 1. The summed E-state index contributed by atoms with van der Waals surface area (Å²) in [5, 5.41) is 0. The zero-order valence-electron chi connectivity index (χ0n) is 12.4. The van der Waals surface area contributed by atoms with Gasteiger partial charge < -0.3 is 4.74 Å². The van der Waals surface area contributed by atoms with E-state index in [9.17, 15) is 4.79 Å². The summed E-state index contributed by atoms with van der Waals surface area (Å²) in [6.45, 7) is 6.82. The van der Waals surface area contributed by atoms with E-state index in [0.29, 0.717) is 12.5 Å². The molecule has 1 aromatic rings. The Bertz CT molecular complexity index is 359. The fourth-order valence-electron chi connectivity index (χ4n) is 2.10. The van der Waals surface area contributed by atoms with Crippen molar-refractivity contribution in [3.8, 4) is 0 Å². The second-order valence-electron chi connectivity index (χ2n) is 5.18. The third-order valence-corrected chi connectivity index (χ3v) is 3.66. The van der Waals surface area contributed by atoms with Crippen LogP contribution in [0.3, 0.4) is 0 Å². The molecule has 0 bridgehead atoms. The minimum atomic E-state index is -0.176. The topological polar surface area (TPSA) is 26.3 Å². The van der Waals surface area contributed by atoms with Gasteiger partial charge >= 0.3 is 5.97 Å². The van der Waals surface area contributed by atoms with E-state index in [1.165, 1.54) is 12.8 Å². The highest BCUT2D eigenvalue weighted by atomic mass is 16.5. The molecule has 0 saturated heterocycles. The van der Waals surface area contributed by atoms with E-state index >= 15 is 0 Å². The lowest BCUT2D eigenvalue weighted by Gasteiger charge is -2.17. The Morgan fingerprint density at radius 2 is 1.89 bits per heavy atom. The van der Waals surface area contributed by atoms with Gasteiger partial charge in [-0.25, -0.2) is 0 Å². The van der Waals surface area contributed by atoms with Crippen LogP contribution in [0.25, 0.3) is 0 Å². The highest BCUT2D eigenvalue weighted by Crippen LogP contribution is 2.18. The van der Waals surface area contributed by atoms with Crippen molar-refractivity contribution in [3.05, 3.63) is 35.9 Å². The predicted octanol–water partition coefficient (Wildman–Crippen LogP) is 4.55. The SMILES string of the molecule is CCCCC(CC)COC(=O)C(C)c1ccccc1. The standard InChI is InChI=1S/C17H26O2/c1-4-6-10-15(5-2)13-19-17(18)14(3)16-11-8-7-9-12-16/h7-9,11-12,14-15H,4-6,10,13H2,1-3H3. The van der Waals surface area contributed by atoms with E-state index in [1.807, 2.05) is 37.3 Å². The van der Waals surface area contributed by atoms with Crippen LogP contribution in [0.5, 0.6) is 0 Å². The fourth-order valence-corrected chi connectivity index (χ4v) is 2.10. The van der Waals surface area contributed by atoms with Crippen LogP contribution >= 0.6 is 0 Å². The summed E-state index contributed by atoms with van der Waals surface area (Å²) in [7, 11) is 0. The molecule has 0 saturated carbocycles. The van der Waals surface area contributed by atoms with E-state index in [4.69, 9.17) is 4.74 Å². The molecule has 2 unspecified atom stereocenters. The summed E-state index contributed by atoms with van der Waals surface area (Å²) >= 11 is 0. The number of benzene rings is 1. The van der Waals surface area contributed by atoms with E-state index < -0.39 is 0 Å². The normalized spacial score (nSPS) is 13.8. The van der Waals surface area contributed by atoms with Gasteiger partial charge in [0.25, 0.3) is 0 Å². The molecule has 106 valence electrons. The average molecular weight is 262 g/mol. The molecule has 2 nitrogen and oxygen atoms in total. The van der Waals surface area contributed by atoms with Crippen LogP contribution in [0, 0.1) is 5.92 Å². The van der Waals surface area contributed by atoms with Crippen LogP contribution in [0.15, 0.2) is 30.3 Å². The van der Waals surface area contributed by atoms with E-state index in [0.717, 1.165) is 18.4 Å². The van der Waals surface area contributed by atoms with Gasteiger partial charge in [-0.1, -0.05) is 63.4 Å². The monoisotopic (exact) mass is 262 g/mol. The van der Waals surface area contributed by atoms with Crippen LogP contribution in [0.2, 0.25) is 0 Å². The first-order valence-electron chi connectivity index (χ1n) is 7.40. The number of hydrogen-bond donors (Lipinski definition) is 0. The van der Waals surface area contributed by atoms with Crippen molar-refractivity contribution in [1.29, 1.82) is 0 Å². The van der Waals surface area contributed by atoms with Crippen LogP contribution in [0.4, 0.5) is 0 Å². The second-order valence-corrected chi connectivity index (χ2v) is 5.18. The summed E-state index contributed by atoms with van der Waals surface area (Å²) in [6, 6.07) is 9.81. The summed E-state index contributed by atoms with van der Waals surface area (Å²) in [6.07, 6.45) is 4.64. The molecular weight excluding hydrogens is 236 g/mol. The number of hydrogen-bond acceptors (Lipinski definition) is 2. The molecule has 0 radical (unpaired) electrons. The molecule has 0 aliphatic carbocycles. The molecule has 0 spiro atoms. The Morgan fingerprint density at radius 1 is 1.21 bits per heavy atom. The summed E-state index contributed by atoms with van der Waals surface area (Å²) in [5.41, 5.74) is 1.02. The highest BCUT2D eigenvalue weighted by Gasteiger charge is 2.17. The molecule has 0 fully saturated rings. The Kier molecular flexibility index (Phi) is 7.24. The minimum absolute atomic E-state index is 0.110. The molecule has 1 rings (SSSR count). The lowest BCUT2D eigenvalue weighted by Crippen LogP contribution is -2.18. The molecule has 19 heavy (non-hydrogen) atoms. The van der Waals surface area contributed by atoms with E-state index in [1.54, 1.807) is 0 Å². The van der Waals surface area contributed by atoms with Crippen LogP contribution < -0.4 is 0 Å². The number of unbranched alkanes of at least 4 members (excludes halogenated alkanes) is 1. The van der Waals surface area contributed by atoms with Gasteiger partial charge in [-0.2, -0.15) is 0 Å². The number of esters is 1. The van der Waals surface area contributed by atoms with Gasteiger partial charge in [0.05, 0.1) is 12.5 Å². The van der Waals surface area contributed by atoms with Gasteiger partial charge in [0.1, 0.15) is 0 Å². The molecule has 2 atom stereocenters. The molecule has 1 aromatic carbocycles. The van der Waals surface area contributed by atoms with Gasteiger partial charge in [0, 0.05) is 0 Å². The van der Waals surface area contributed by atoms with E-state index in [2.05, 4.69) is 13.8 Å². The molecule has 0 heterocycles. The Balaban J connectivity index is 2.42. The zero-order valence-corrected chi connectivity index (χ0v) is 12.4. The van der Waals surface area contributed by atoms with Crippen molar-refractivity contribution in [3.63, 3.8) is 0 Å². The van der Waals surface area contributed by atoms with Crippen molar-refractivity contribution in [2.45, 2.75) is 52.4 Å². The maximum atomic E-state index is 12.0. The van der Waals surface area contributed by atoms with Crippen LogP contribution in [-0.4, -0.2) is 12.6 Å². The van der Waals surface area contributed by atoms with Crippen LogP contribution in [-0.2, 0) is 9.53 Å². The van der Waals surface area contributed by atoms with Crippen molar-refractivity contribution in [1.82, 2.24) is 0 Å². The summed E-state index contributed by atoms with van der Waals surface area (Å²) in [4.78, 5) is 12.0. The third kappa shape index (κ3) is 5.46. The smallest absolute Gasteiger partial charge is 0.313 e. The van der Waals surface area contributed by atoms with Crippen molar-refractivity contribution >= 4 is 5.97 Å².